The van der Waals surface area contributed by atoms with Gasteiger partial charge in [0.05, 0.1) is 11.1 Å². The van der Waals surface area contributed by atoms with Crippen molar-refractivity contribution in [3.63, 3.8) is 0 Å². The first-order valence-corrected chi connectivity index (χ1v) is 7.61. The van der Waals surface area contributed by atoms with Gasteiger partial charge in [-0.15, -0.1) is 0 Å². The van der Waals surface area contributed by atoms with E-state index in [9.17, 15) is 14.4 Å². The molecule has 0 heterocycles. The van der Waals surface area contributed by atoms with E-state index in [-0.39, 0.29) is 17.5 Å². The van der Waals surface area contributed by atoms with Gasteiger partial charge < -0.3 is 20.9 Å². The second-order valence-corrected chi connectivity index (χ2v) is 5.30. The van der Waals surface area contributed by atoms with Crippen LogP contribution in [-0.4, -0.2) is 29.1 Å². The van der Waals surface area contributed by atoms with Gasteiger partial charge >= 0.3 is 11.9 Å². The largest absolute Gasteiger partial charge is 0.478 e. The molecular weight excluding hydrogens is 324 g/mol. The van der Waals surface area contributed by atoms with E-state index in [1.54, 1.807) is 25.1 Å². The molecule has 0 aliphatic rings. The standard InChI is InChI=1S/C18H18N2O5/c1-2-15(25-18(24)11-6-8-13(19)9-7-11)16(21)20-14-5-3-4-12(10-14)17(22)23/h3-10,15H,2,19H2,1H3,(H,20,21)(H,22,23). The molecule has 2 aromatic carbocycles. The number of rotatable bonds is 6. The van der Waals surface area contributed by atoms with Gasteiger partial charge in [-0.05, 0) is 48.9 Å². The second-order valence-electron chi connectivity index (χ2n) is 5.30. The number of benzene rings is 2. The van der Waals surface area contributed by atoms with Crippen LogP contribution in [0.3, 0.4) is 0 Å². The van der Waals surface area contributed by atoms with Crippen LogP contribution in [0.2, 0.25) is 0 Å². The first-order valence-electron chi connectivity index (χ1n) is 7.61. The summed E-state index contributed by atoms with van der Waals surface area (Å²) in [4.78, 5) is 35.4. The lowest BCUT2D eigenvalue weighted by atomic mass is 10.2. The van der Waals surface area contributed by atoms with E-state index in [0.717, 1.165) is 0 Å². The molecule has 25 heavy (non-hydrogen) atoms. The Morgan fingerprint density at radius 3 is 2.40 bits per heavy atom. The number of carboxylic acids is 1. The zero-order chi connectivity index (χ0) is 18.4. The molecule has 0 aliphatic heterocycles. The van der Waals surface area contributed by atoms with Crippen molar-refractivity contribution >= 4 is 29.2 Å². The Kier molecular flexibility index (Phi) is 5.73. The van der Waals surface area contributed by atoms with Crippen molar-refractivity contribution in [3.8, 4) is 0 Å². The number of anilines is 2. The number of hydrogen-bond acceptors (Lipinski definition) is 5. The number of nitrogen functional groups attached to an aromatic ring is 1. The number of carbonyl (C=O) groups excluding carboxylic acids is 2. The molecule has 0 radical (unpaired) electrons. The Bertz CT molecular complexity index is 786. The highest BCUT2D eigenvalue weighted by Gasteiger charge is 2.22. The lowest BCUT2D eigenvalue weighted by Gasteiger charge is -2.16. The highest BCUT2D eigenvalue weighted by molar-refractivity contribution is 5.98. The fourth-order valence-electron chi connectivity index (χ4n) is 2.09. The molecule has 0 aliphatic carbocycles. The molecule has 0 saturated carbocycles. The minimum Gasteiger partial charge on any atom is -0.478 e. The summed E-state index contributed by atoms with van der Waals surface area (Å²) in [6, 6.07) is 12.0. The third kappa shape index (κ3) is 4.81. The number of ether oxygens (including phenoxy) is 1. The number of nitrogens with one attached hydrogen (secondary N) is 1. The van der Waals surface area contributed by atoms with E-state index in [2.05, 4.69) is 5.32 Å². The van der Waals surface area contributed by atoms with Crippen molar-refractivity contribution in [1.82, 2.24) is 0 Å². The fraction of sp³-hybridized carbons (Fsp3) is 0.167. The van der Waals surface area contributed by atoms with E-state index < -0.39 is 23.9 Å². The summed E-state index contributed by atoms with van der Waals surface area (Å²) in [5, 5.41) is 11.5. The van der Waals surface area contributed by atoms with Gasteiger partial charge in [0.1, 0.15) is 0 Å². The molecule has 0 bridgehead atoms. The summed E-state index contributed by atoms with van der Waals surface area (Å²) < 4.78 is 5.23. The quantitative estimate of drug-likeness (QED) is 0.548. The maximum Gasteiger partial charge on any atom is 0.338 e. The molecule has 0 saturated heterocycles. The van der Waals surface area contributed by atoms with Crippen molar-refractivity contribution < 1.29 is 24.2 Å². The Balaban J connectivity index is 2.05. The number of nitrogens with two attached hydrogens (primary N) is 1. The normalized spacial score (nSPS) is 11.4. The van der Waals surface area contributed by atoms with Crippen molar-refractivity contribution in [2.24, 2.45) is 0 Å². The van der Waals surface area contributed by atoms with Crippen LogP contribution in [0.15, 0.2) is 48.5 Å². The van der Waals surface area contributed by atoms with E-state index in [1.165, 1.54) is 30.3 Å². The number of esters is 1. The highest BCUT2D eigenvalue weighted by Crippen LogP contribution is 2.14. The maximum absolute atomic E-state index is 12.3. The number of hydrogen-bond donors (Lipinski definition) is 3. The Labute approximate surface area is 144 Å². The number of aromatic carboxylic acids is 1. The monoisotopic (exact) mass is 342 g/mol. The molecule has 2 aromatic rings. The highest BCUT2D eigenvalue weighted by atomic mass is 16.5. The fourth-order valence-corrected chi connectivity index (χ4v) is 2.09. The molecule has 2 rings (SSSR count). The first kappa shape index (κ1) is 18.0. The predicted molar refractivity (Wildman–Crippen MR) is 92.4 cm³/mol. The van der Waals surface area contributed by atoms with Crippen LogP contribution in [0.5, 0.6) is 0 Å². The summed E-state index contributed by atoms with van der Waals surface area (Å²) in [6.45, 7) is 1.70. The SMILES string of the molecule is CCC(OC(=O)c1ccc(N)cc1)C(=O)Nc1cccc(C(=O)O)c1. The lowest BCUT2D eigenvalue weighted by Crippen LogP contribution is -2.32. The van der Waals surface area contributed by atoms with Gasteiger partial charge in [-0.1, -0.05) is 13.0 Å². The van der Waals surface area contributed by atoms with Crippen molar-refractivity contribution in [2.75, 3.05) is 11.1 Å². The average Bonchev–Trinajstić information content (AvgIpc) is 2.60. The number of carbonyl (C=O) groups is 3. The Morgan fingerprint density at radius 1 is 1.12 bits per heavy atom. The summed E-state index contributed by atoms with van der Waals surface area (Å²) in [5.74, 6) is -2.27. The molecule has 0 fully saturated rings. The van der Waals surface area contributed by atoms with Gasteiger partial charge in [-0.3, -0.25) is 4.79 Å². The minimum absolute atomic E-state index is 0.0460. The maximum atomic E-state index is 12.3. The predicted octanol–water partition coefficient (Wildman–Crippen LogP) is 2.54. The Morgan fingerprint density at radius 2 is 1.80 bits per heavy atom. The molecule has 0 aromatic heterocycles. The van der Waals surface area contributed by atoms with Crippen LogP contribution in [0.4, 0.5) is 11.4 Å². The van der Waals surface area contributed by atoms with Crippen LogP contribution < -0.4 is 11.1 Å². The van der Waals surface area contributed by atoms with Gasteiger partial charge in [0.15, 0.2) is 6.10 Å². The van der Waals surface area contributed by atoms with Gasteiger partial charge in [0.25, 0.3) is 5.91 Å². The van der Waals surface area contributed by atoms with Crippen molar-refractivity contribution in [2.45, 2.75) is 19.4 Å². The molecule has 7 heteroatoms. The van der Waals surface area contributed by atoms with Crippen LogP contribution >= 0.6 is 0 Å². The summed E-state index contributed by atoms with van der Waals surface area (Å²) in [5.41, 5.74) is 6.72. The topological polar surface area (TPSA) is 119 Å². The van der Waals surface area contributed by atoms with E-state index in [1.807, 2.05) is 0 Å². The zero-order valence-electron chi connectivity index (χ0n) is 13.6. The average molecular weight is 342 g/mol. The van der Waals surface area contributed by atoms with Gasteiger partial charge in [0.2, 0.25) is 0 Å². The minimum atomic E-state index is -1.10. The van der Waals surface area contributed by atoms with E-state index >= 15 is 0 Å². The van der Waals surface area contributed by atoms with Crippen molar-refractivity contribution in [3.05, 3.63) is 59.7 Å². The second kappa shape index (κ2) is 7.96. The lowest BCUT2D eigenvalue weighted by molar-refractivity contribution is -0.124. The number of carboxylic acid groups (broad SMARTS) is 1. The summed E-state index contributed by atoms with van der Waals surface area (Å²) >= 11 is 0. The molecule has 1 unspecified atom stereocenters. The summed E-state index contributed by atoms with van der Waals surface area (Å²) in [7, 11) is 0. The molecule has 4 N–H and O–H groups in total. The molecule has 1 atom stereocenters. The van der Waals surface area contributed by atoms with Gasteiger partial charge in [0, 0.05) is 11.4 Å². The van der Waals surface area contributed by atoms with Crippen LogP contribution in [0.25, 0.3) is 0 Å². The molecule has 1 amide bonds. The zero-order valence-corrected chi connectivity index (χ0v) is 13.6. The third-order valence-corrected chi connectivity index (χ3v) is 3.44. The first-order chi connectivity index (χ1) is 11.9. The smallest absolute Gasteiger partial charge is 0.338 e. The molecule has 0 spiro atoms. The third-order valence-electron chi connectivity index (χ3n) is 3.44. The molecule has 130 valence electrons. The molecule has 7 nitrogen and oxygen atoms in total. The summed E-state index contributed by atoms with van der Waals surface area (Å²) in [6.07, 6.45) is -0.732. The van der Waals surface area contributed by atoms with Crippen LogP contribution in [-0.2, 0) is 9.53 Å². The van der Waals surface area contributed by atoms with Crippen LogP contribution in [0, 0.1) is 0 Å². The van der Waals surface area contributed by atoms with Crippen molar-refractivity contribution in [1.29, 1.82) is 0 Å². The van der Waals surface area contributed by atoms with E-state index in [0.29, 0.717) is 11.4 Å². The molecular formula is C18H18N2O5. The van der Waals surface area contributed by atoms with Gasteiger partial charge in [-0.25, -0.2) is 9.59 Å². The van der Waals surface area contributed by atoms with E-state index in [4.69, 9.17) is 15.6 Å². The van der Waals surface area contributed by atoms with Crippen LogP contribution in [0.1, 0.15) is 34.1 Å². The Hall–Kier alpha value is -3.35. The number of amides is 1. The van der Waals surface area contributed by atoms with Gasteiger partial charge in [-0.2, -0.15) is 0 Å².